The molecule has 0 saturated heterocycles. The Hall–Kier alpha value is -3.73. The number of halogens is 3. The number of hydrogen-bond acceptors (Lipinski definition) is 5. The summed E-state index contributed by atoms with van der Waals surface area (Å²) in [6, 6.07) is 13.7. The van der Waals surface area contributed by atoms with Gasteiger partial charge in [-0.25, -0.2) is 13.2 Å². The van der Waals surface area contributed by atoms with E-state index in [1.165, 1.54) is 34.6 Å². The first-order valence-corrected chi connectivity index (χ1v) is 14.2. The molecule has 7 nitrogen and oxygen atoms in total. The minimum atomic E-state index is -4.78. The largest absolute Gasteiger partial charge is 0.573 e. The number of fused-ring (bicyclic) bond motifs is 1. The standard InChI is InChI=1S/C29H30F3NO6S/c1-5-19-13-21(20-6-8-22(9-7-20)39-29(30,31)32)14-24-25(17(2)3)15-33(28(19)24)40(36,37)23-10-11-26(18(4)12-23)38-16-27(34)35/h6-14,17,25H,5,15-16H2,1-4H3,(H,34,35). The summed E-state index contributed by atoms with van der Waals surface area (Å²) in [5.41, 5.74) is 4.23. The number of rotatable bonds is 9. The van der Waals surface area contributed by atoms with Crippen molar-refractivity contribution in [2.24, 2.45) is 5.92 Å². The van der Waals surface area contributed by atoms with E-state index < -0.39 is 29.0 Å². The van der Waals surface area contributed by atoms with Crippen LogP contribution in [0.3, 0.4) is 0 Å². The number of benzene rings is 3. The highest BCUT2D eigenvalue weighted by atomic mass is 32.2. The number of carboxylic acids is 1. The molecular weight excluding hydrogens is 547 g/mol. The molecule has 0 amide bonds. The van der Waals surface area contributed by atoms with Crippen LogP contribution in [0.5, 0.6) is 11.5 Å². The number of nitrogens with zero attached hydrogens (tertiary/aromatic N) is 1. The van der Waals surface area contributed by atoms with E-state index >= 15 is 0 Å². The molecule has 0 aliphatic carbocycles. The molecule has 0 fully saturated rings. The van der Waals surface area contributed by atoms with Gasteiger partial charge in [0.15, 0.2) is 6.61 Å². The van der Waals surface area contributed by atoms with E-state index in [1.807, 2.05) is 32.9 Å². The average molecular weight is 578 g/mol. The summed E-state index contributed by atoms with van der Waals surface area (Å²) in [5.74, 6) is -1.17. The fourth-order valence-electron chi connectivity index (χ4n) is 4.96. The third-order valence-corrected chi connectivity index (χ3v) is 8.68. The van der Waals surface area contributed by atoms with Gasteiger partial charge in [-0.2, -0.15) is 0 Å². The zero-order valence-corrected chi connectivity index (χ0v) is 23.3. The van der Waals surface area contributed by atoms with Gasteiger partial charge in [0, 0.05) is 12.5 Å². The molecule has 0 bridgehead atoms. The van der Waals surface area contributed by atoms with Crippen LogP contribution in [0.1, 0.15) is 43.4 Å². The van der Waals surface area contributed by atoms with Crippen molar-refractivity contribution in [1.82, 2.24) is 0 Å². The van der Waals surface area contributed by atoms with Crippen molar-refractivity contribution in [3.63, 3.8) is 0 Å². The lowest BCUT2D eigenvalue weighted by molar-refractivity contribution is -0.274. The zero-order chi connectivity index (χ0) is 29.4. The summed E-state index contributed by atoms with van der Waals surface area (Å²) in [4.78, 5) is 10.9. The number of hydrogen-bond donors (Lipinski definition) is 1. The Balaban J connectivity index is 1.75. The van der Waals surface area contributed by atoms with Crippen molar-refractivity contribution in [1.29, 1.82) is 0 Å². The van der Waals surface area contributed by atoms with Crippen LogP contribution in [0.15, 0.2) is 59.5 Å². The molecule has 0 radical (unpaired) electrons. The van der Waals surface area contributed by atoms with Crippen LogP contribution in [0, 0.1) is 12.8 Å². The summed E-state index contributed by atoms with van der Waals surface area (Å²) in [7, 11) is -3.98. The van der Waals surface area contributed by atoms with Crippen LogP contribution >= 0.6 is 0 Å². The van der Waals surface area contributed by atoms with Gasteiger partial charge >= 0.3 is 12.3 Å². The molecule has 1 aliphatic heterocycles. The van der Waals surface area contributed by atoms with Gasteiger partial charge < -0.3 is 14.6 Å². The third kappa shape index (κ3) is 6.04. The summed E-state index contributed by atoms with van der Waals surface area (Å²) < 4.78 is 76.3. The predicted molar refractivity (Wildman–Crippen MR) is 144 cm³/mol. The highest BCUT2D eigenvalue weighted by Gasteiger charge is 2.40. The monoisotopic (exact) mass is 577 g/mol. The lowest BCUT2D eigenvalue weighted by Gasteiger charge is -2.23. The van der Waals surface area contributed by atoms with Gasteiger partial charge in [-0.1, -0.05) is 32.9 Å². The number of aliphatic carboxylic acids is 1. The van der Waals surface area contributed by atoms with Crippen LogP contribution < -0.4 is 13.8 Å². The first-order chi connectivity index (χ1) is 18.7. The highest BCUT2D eigenvalue weighted by molar-refractivity contribution is 7.92. The number of alkyl halides is 3. The lowest BCUT2D eigenvalue weighted by Crippen LogP contribution is -2.31. The second-order valence-corrected chi connectivity index (χ2v) is 11.9. The van der Waals surface area contributed by atoms with Gasteiger partial charge in [-0.05, 0) is 89.5 Å². The van der Waals surface area contributed by atoms with Crippen molar-refractivity contribution in [3.8, 4) is 22.6 Å². The third-order valence-electron chi connectivity index (χ3n) is 6.92. The van der Waals surface area contributed by atoms with Crippen molar-refractivity contribution in [2.45, 2.75) is 51.3 Å². The Labute approximate surface area is 231 Å². The van der Waals surface area contributed by atoms with Crippen LogP contribution in [0.25, 0.3) is 11.1 Å². The molecular formula is C29H30F3NO6S. The van der Waals surface area contributed by atoms with E-state index in [1.54, 1.807) is 19.1 Å². The number of carboxylic acid groups (broad SMARTS) is 1. The number of ether oxygens (including phenoxy) is 2. The Morgan fingerprint density at radius 2 is 1.75 bits per heavy atom. The molecule has 0 aromatic heterocycles. The maximum atomic E-state index is 14.0. The molecule has 1 aliphatic rings. The van der Waals surface area contributed by atoms with Crippen molar-refractivity contribution in [3.05, 3.63) is 71.3 Å². The second kappa shape index (κ2) is 11.0. The summed E-state index contributed by atoms with van der Waals surface area (Å²) in [5, 5.41) is 8.88. The van der Waals surface area contributed by atoms with E-state index in [-0.39, 0.29) is 34.8 Å². The van der Waals surface area contributed by atoms with Gasteiger partial charge in [0.05, 0.1) is 10.6 Å². The summed E-state index contributed by atoms with van der Waals surface area (Å²) in [6.07, 6.45) is -4.25. The molecule has 1 atom stereocenters. The number of aryl methyl sites for hydroxylation is 2. The van der Waals surface area contributed by atoms with E-state index in [9.17, 15) is 26.4 Å². The predicted octanol–water partition coefficient (Wildman–Crippen LogP) is 6.53. The number of sulfonamides is 1. The van der Waals surface area contributed by atoms with Crippen LogP contribution in [0.2, 0.25) is 0 Å². The molecule has 214 valence electrons. The molecule has 0 saturated carbocycles. The van der Waals surface area contributed by atoms with Crippen molar-refractivity contribution < 1.29 is 41.0 Å². The minimum Gasteiger partial charge on any atom is -0.482 e. The van der Waals surface area contributed by atoms with Crippen LogP contribution in [-0.4, -0.2) is 39.0 Å². The molecule has 3 aromatic rings. The number of carbonyl (C=O) groups is 1. The Morgan fingerprint density at radius 1 is 1.07 bits per heavy atom. The van der Waals surface area contributed by atoms with Gasteiger partial charge in [0.1, 0.15) is 11.5 Å². The quantitative estimate of drug-likeness (QED) is 0.311. The van der Waals surface area contributed by atoms with Gasteiger partial charge in [0.2, 0.25) is 0 Å². The fourth-order valence-corrected chi connectivity index (χ4v) is 6.60. The first kappa shape index (κ1) is 29.3. The van der Waals surface area contributed by atoms with E-state index in [0.717, 1.165) is 16.7 Å². The van der Waals surface area contributed by atoms with Crippen LogP contribution in [0.4, 0.5) is 18.9 Å². The molecule has 11 heteroatoms. The molecule has 0 spiro atoms. The molecule has 40 heavy (non-hydrogen) atoms. The average Bonchev–Trinajstić information content (AvgIpc) is 3.28. The zero-order valence-electron chi connectivity index (χ0n) is 22.4. The molecule has 1 heterocycles. The van der Waals surface area contributed by atoms with Crippen molar-refractivity contribution in [2.75, 3.05) is 17.5 Å². The topological polar surface area (TPSA) is 93.1 Å². The smallest absolute Gasteiger partial charge is 0.482 e. The van der Waals surface area contributed by atoms with Gasteiger partial charge in [-0.3, -0.25) is 4.31 Å². The SMILES string of the molecule is CCc1cc(-c2ccc(OC(F)(F)F)cc2)cc2c1N(S(=O)(=O)c1ccc(OCC(=O)O)c(C)c1)CC2C(C)C. The molecule has 3 aromatic carbocycles. The van der Waals surface area contributed by atoms with Crippen molar-refractivity contribution >= 4 is 21.7 Å². The maximum absolute atomic E-state index is 14.0. The molecule has 1 unspecified atom stereocenters. The molecule has 4 rings (SSSR count). The lowest BCUT2D eigenvalue weighted by atomic mass is 9.87. The summed E-state index contributed by atoms with van der Waals surface area (Å²) in [6.45, 7) is 7.31. The van der Waals surface area contributed by atoms with E-state index in [4.69, 9.17) is 9.84 Å². The number of anilines is 1. The van der Waals surface area contributed by atoms with Crippen LogP contribution in [-0.2, 0) is 21.2 Å². The highest BCUT2D eigenvalue weighted by Crippen LogP contribution is 2.47. The van der Waals surface area contributed by atoms with Gasteiger partial charge in [-0.15, -0.1) is 13.2 Å². The maximum Gasteiger partial charge on any atom is 0.573 e. The fraction of sp³-hybridized carbons (Fsp3) is 0.345. The summed E-state index contributed by atoms with van der Waals surface area (Å²) >= 11 is 0. The van der Waals surface area contributed by atoms with Gasteiger partial charge in [0.25, 0.3) is 10.0 Å². The second-order valence-electron chi connectivity index (χ2n) is 10.00. The Morgan fingerprint density at radius 3 is 2.30 bits per heavy atom. The first-order valence-electron chi connectivity index (χ1n) is 12.7. The Kier molecular flexibility index (Phi) is 8.07. The van der Waals surface area contributed by atoms with E-state index in [0.29, 0.717) is 23.2 Å². The van der Waals surface area contributed by atoms with E-state index in [2.05, 4.69) is 4.74 Å². The Bertz CT molecular complexity index is 1520. The minimum absolute atomic E-state index is 0.0643. The molecule has 1 N–H and O–H groups in total. The normalized spacial score (nSPS) is 15.3.